The molecule has 2 fully saturated rings. The van der Waals surface area contributed by atoms with Crippen LogP contribution in [-0.4, -0.2) is 52.5 Å². The van der Waals surface area contributed by atoms with Crippen LogP contribution in [0, 0.1) is 5.92 Å². The number of carbonyl (C=O) groups is 1. The first kappa shape index (κ1) is 19.1. The van der Waals surface area contributed by atoms with E-state index >= 15 is 0 Å². The van der Waals surface area contributed by atoms with Crippen molar-refractivity contribution in [1.82, 2.24) is 4.31 Å². The topological polar surface area (TPSA) is 101 Å². The fourth-order valence-corrected chi connectivity index (χ4v) is 6.73. The molecule has 0 aliphatic carbocycles. The number of amides is 1. The summed E-state index contributed by atoms with van der Waals surface area (Å²) in [7, 11) is -7.65. The fraction of sp³-hybridized carbons (Fsp3) is 0.562. The quantitative estimate of drug-likeness (QED) is 0.733. The summed E-state index contributed by atoms with van der Waals surface area (Å²) in [4.78, 5) is 12.2. The van der Waals surface area contributed by atoms with Gasteiger partial charge in [-0.15, -0.1) is 0 Å². The van der Waals surface area contributed by atoms with Crippen molar-refractivity contribution in [1.29, 1.82) is 0 Å². The number of sulfonamides is 2. The van der Waals surface area contributed by atoms with Crippen LogP contribution in [0.25, 0.3) is 0 Å². The highest BCUT2D eigenvalue weighted by atomic mass is 32.2. The first-order chi connectivity index (χ1) is 12.2. The van der Waals surface area contributed by atoms with Crippen molar-refractivity contribution in [3.8, 4) is 5.75 Å². The molecule has 26 heavy (non-hydrogen) atoms. The van der Waals surface area contributed by atoms with Gasteiger partial charge >= 0.3 is 0 Å². The highest BCUT2D eigenvalue weighted by Gasteiger charge is 2.42. The first-order valence-corrected chi connectivity index (χ1v) is 11.6. The minimum absolute atomic E-state index is 0.0283. The van der Waals surface area contributed by atoms with Crippen LogP contribution in [0.1, 0.15) is 26.7 Å². The number of ether oxygens (including phenoxy) is 1. The zero-order valence-corrected chi connectivity index (χ0v) is 16.3. The van der Waals surface area contributed by atoms with Gasteiger partial charge in [0.25, 0.3) is 0 Å². The van der Waals surface area contributed by atoms with Gasteiger partial charge in [0.05, 0.1) is 24.0 Å². The highest BCUT2D eigenvalue weighted by molar-refractivity contribution is 7.94. The monoisotopic (exact) mass is 402 g/mol. The molecule has 2 aliphatic heterocycles. The van der Waals surface area contributed by atoms with Gasteiger partial charge in [0, 0.05) is 13.1 Å². The molecule has 1 atom stereocenters. The molecule has 2 aliphatic rings. The van der Waals surface area contributed by atoms with Crippen molar-refractivity contribution in [2.75, 3.05) is 29.8 Å². The largest absolute Gasteiger partial charge is 0.492 e. The van der Waals surface area contributed by atoms with Gasteiger partial charge in [-0.1, -0.05) is 6.92 Å². The van der Waals surface area contributed by atoms with E-state index in [1.54, 1.807) is 6.92 Å². The lowest BCUT2D eigenvalue weighted by molar-refractivity contribution is -0.119. The number of anilines is 1. The fourth-order valence-electron chi connectivity index (χ4n) is 3.25. The Morgan fingerprint density at radius 1 is 1.23 bits per heavy atom. The predicted octanol–water partition coefficient (Wildman–Crippen LogP) is 1.18. The molecule has 144 valence electrons. The van der Waals surface area contributed by atoms with Gasteiger partial charge in [0.1, 0.15) is 10.6 Å². The molecule has 1 aromatic rings. The van der Waals surface area contributed by atoms with E-state index < -0.39 is 31.9 Å². The minimum atomic E-state index is -3.84. The maximum absolute atomic E-state index is 13.0. The second-order valence-electron chi connectivity index (χ2n) is 6.46. The third-order valence-electron chi connectivity index (χ3n) is 4.51. The lowest BCUT2D eigenvalue weighted by Crippen LogP contribution is -2.31. The van der Waals surface area contributed by atoms with E-state index in [2.05, 4.69) is 0 Å². The standard InChI is InChI=1S/C16H22N2O6S2/c1-3-24-14-7-6-13(18-16(19)12(2)11-25(18,20)21)10-15(14)26(22,23)17-8-4-5-9-17/h6-7,10,12H,3-5,8-9,11H2,1-2H3. The second-order valence-corrected chi connectivity index (χ2v) is 10.2. The molecule has 1 unspecified atom stereocenters. The molecular formula is C16H22N2O6S2. The minimum Gasteiger partial charge on any atom is -0.492 e. The van der Waals surface area contributed by atoms with Crippen LogP contribution in [-0.2, 0) is 24.8 Å². The lowest BCUT2D eigenvalue weighted by atomic mass is 10.2. The summed E-state index contributed by atoms with van der Waals surface area (Å²) in [6.07, 6.45) is 1.55. The Balaban J connectivity index is 2.12. The molecule has 2 heterocycles. The smallest absolute Gasteiger partial charge is 0.246 e. The SMILES string of the molecule is CCOc1ccc(N2C(=O)C(C)CS2(=O)=O)cc1S(=O)(=O)N1CCCC1. The molecule has 0 bridgehead atoms. The summed E-state index contributed by atoms with van der Waals surface area (Å²) in [6, 6.07) is 4.04. The third-order valence-corrected chi connectivity index (χ3v) is 8.29. The summed E-state index contributed by atoms with van der Waals surface area (Å²) in [5.41, 5.74) is 0.0283. The molecule has 8 nitrogen and oxygen atoms in total. The first-order valence-electron chi connectivity index (χ1n) is 8.52. The lowest BCUT2D eigenvalue weighted by Gasteiger charge is -2.21. The number of nitrogens with zero attached hydrogens (tertiary/aromatic N) is 2. The molecule has 2 saturated heterocycles. The van der Waals surface area contributed by atoms with Crippen LogP contribution >= 0.6 is 0 Å². The summed E-state index contributed by atoms with van der Waals surface area (Å²) in [5, 5.41) is 0. The number of rotatable bonds is 5. The Labute approximate surface area is 153 Å². The van der Waals surface area contributed by atoms with Crippen molar-refractivity contribution < 1.29 is 26.4 Å². The maximum atomic E-state index is 13.0. The highest BCUT2D eigenvalue weighted by Crippen LogP contribution is 2.36. The van der Waals surface area contributed by atoms with Crippen molar-refractivity contribution in [2.45, 2.75) is 31.6 Å². The Hall–Kier alpha value is -1.65. The molecule has 0 radical (unpaired) electrons. The Kier molecular flexibility index (Phi) is 5.02. The predicted molar refractivity (Wildman–Crippen MR) is 96.0 cm³/mol. The van der Waals surface area contributed by atoms with E-state index in [0.29, 0.717) is 17.4 Å². The van der Waals surface area contributed by atoms with Crippen molar-refractivity contribution in [3.05, 3.63) is 18.2 Å². The van der Waals surface area contributed by atoms with Crippen LogP contribution in [0.3, 0.4) is 0 Å². The van der Waals surface area contributed by atoms with Gasteiger partial charge in [-0.05, 0) is 38.0 Å². The van der Waals surface area contributed by atoms with E-state index in [4.69, 9.17) is 4.74 Å². The molecular weight excluding hydrogens is 380 g/mol. The number of hydrogen-bond donors (Lipinski definition) is 0. The average Bonchev–Trinajstić information content (AvgIpc) is 3.16. The normalized spacial score (nSPS) is 23.5. The Morgan fingerprint density at radius 3 is 2.42 bits per heavy atom. The van der Waals surface area contributed by atoms with Gasteiger partial charge in [0.15, 0.2) is 0 Å². The molecule has 0 spiro atoms. The number of hydrogen-bond acceptors (Lipinski definition) is 6. The average molecular weight is 402 g/mol. The zero-order valence-electron chi connectivity index (χ0n) is 14.7. The van der Waals surface area contributed by atoms with Crippen molar-refractivity contribution in [2.24, 2.45) is 5.92 Å². The zero-order chi connectivity index (χ0) is 19.1. The Bertz CT molecular complexity index is 920. The van der Waals surface area contributed by atoms with Crippen LogP contribution in [0.4, 0.5) is 5.69 Å². The van der Waals surface area contributed by atoms with E-state index in [0.717, 1.165) is 12.8 Å². The van der Waals surface area contributed by atoms with E-state index in [1.165, 1.54) is 29.4 Å². The van der Waals surface area contributed by atoms with Gasteiger partial charge in [0.2, 0.25) is 26.0 Å². The Morgan fingerprint density at radius 2 is 1.88 bits per heavy atom. The molecule has 1 amide bonds. The third kappa shape index (κ3) is 3.21. The van der Waals surface area contributed by atoms with Gasteiger partial charge in [-0.25, -0.2) is 21.1 Å². The van der Waals surface area contributed by atoms with Gasteiger partial charge < -0.3 is 4.74 Å². The van der Waals surface area contributed by atoms with Crippen LogP contribution in [0.5, 0.6) is 5.75 Å². The summed E-state index contributed by atoms with van der Waals surface area (Å²) >= 11 is 0. The van der Waals surface area contributed by atoms with Crippen molar-refractivity contribution in [3.63, 3.8) is 0 Å². The van der Waals surface area contributed by atoms with Crippen molar-refractivity contribution >= 4 is 31.6 Å². The molecule has 0 saturated carbocycles. The molecule has 1 aromatic carbocycles. The van der Waals surface area contributed by atoms with Gasteiger partial charge in [-0.2, -0.15) is 4.31 Å². The molecule has 10 heteroatoms. The van der Waals surface area contributed by atoms with E-state index in [1.807, 2.05) is 0 Å². The summed E-state index contributed by atoms with van der Waals surface area (Å²) in [5.74, 6) is -1.35. The van der Waals surface area contributed by atoms with Crippen LogP contribution < -0.4 is 9.04 Å². The summed E-state index contributed by atoms with van der Waals surface area (Å²) in [6.45, 7) is 4.36. The van der Waals surface area contributed by atoms with Crippen LogP contribution in [0.2, 0.25) is 0 Å². The molecule has 0 N–H and O–H groups in total. The van der Waals surface area contributed by atoms with E-state index in [9.17, 15) is 21.6 Å². The molecule has 0 aromatic heterocycles. The molecule has 3 rings (SSSR count). The van der Waals surface area contributed by atoms with Gasteiger partial charge in [-0.3, -0.25) is 4.79 Å². The summed E-state index contributed by atoms with van der Waals surface area (Å²) < 4.78 is 58.1. The van der Waals surface area contributed by atoms with Crippen LogP contribution in [0.15, 0.2) is 23.1 Å². The maximum Gasteiger partial charge on any atom is 0.246 e. The second kappa shape index (κ2) is 6.82. The number of benzene rings is 1. The number of carbonyl (C=O) groups excluding carboxylic acids is 1. The van der Waals surface area contributed by atoms with E-state index in [-0.39, 0.29) is 28.7 Å².